The van der Waals surface area contributed by atoms with E-state index in [1.807, 2.05) is 44.2 Å². The Kier molecular flexibility index (Phi) is 7.02. The van der Waals surface area contributed by atoms with Crippen molar-refractivity contribution in [3.63, 3.8) is 0 Å². The molecule has 1 amide bonds. The summed E-state index contributed by atoms with van der Waals surface area (Å²) in [6.07, 6.45) is 1.58. The molecule has 0 bridgehead atoms. The van der Waals surface area contributed by atoms with Gasteiger partial charge in [0, 0.05) is 23.4 Å². The molecule has 180 valence electrons. The third-order valence-electron chi connectivity index (χ3n) is 5.42. The molecule has 10 nitrogen and oxygen atoms in total. The molecule has 0 saturated heterocycles. The molecule has 0 fully saturated rings. The van der Waals surface area contributed by atoms with Gasteiger partial charge in [-0.1, -0.05) is 49.3 Å². The number of hydrogen-bond acceptors (Lipinski definition) is 9. The minimum Gasteiger partial charge on any atom is -0.394 e. The number of rotatable bonds is 9. The number of primary amides is 1. The Balaban J connectivity index is 1.70. The van der Waals surface area contributed by atoms with E-state index in [1.54, 1.807) is 31.3 Å². The van der Waals surface area contributed by atoms with Crippen LogP contribution in [-0.4, -0.2) is 37.7 Å². The molecular weight excluding hydrogens is 446 g/mol. The van der Waals surface area contributed by atoms with Crippen molar-refractivity contribution < 1.29 is 14.4 Å². The summed E-state index contributed by atoms with van der Waals surface area (Å²) in [6.45, 7) is 5.58. The quantitative estimate of drug-likeness (QED) is 0.283. The van der Waals surface area contributed by atoms with Crippen molar-refractivity contribution in [2.24, 2.45) is 5.73 Å². The molecule has 0 spiro atoms. The zero-order valence-corrected chi connectivity index (χ0v) is 19.7. The number of carbonyl (C=O) groups is 1. The van der Waals surface area contributed by atoms with E-state index in [0.717, 1.165) is 11.1 Å². The largest absolute Gasteiger partial charge is 0.394 e. The number of aromatic nitrogens is 4. The second-order valence-corrected chi connectivity index (χ2v) is 8.38. The molecule has 0 aliphatic heterocycles. The number of nitrogens with one attached hydrogen (secondary N) is 2. The van der Waals surface area contributed by atoms with Gasteiger partial charge in [0.05, 0.1) is 12.6 Å². The molecule has 0 radical (unpaired) electrons. The maximum atomic E-state index is 11.5. The van der Waals surface area contributed by atoms with Gasteiger partial charge in [0.15, 0.2) is 5.82 Å². The zero-order chi connectivity index (χ0) is 24.9. The third-order valence-corrected chi connectivity index (χ3v) is 5.42. The lowest BCUT2D eigenvalue weighted by Gasteiger charge is -2.19. The van der Waals surface area contributed by atoms with Crippen molar-refractivity contribution in [2.75, 3.05) is 17.2 Å². The Bertz CT molecular complexity index is 1320. The molecule has 2 aromatic heterocycles. The van der Waals surface area contributed by atoms with Gasteiger partial charge in [-0.15, -0.1) is 0 Å². The smallest absolute Gasteiger partial charge is 0.263 e. The zero-order valence-electron chi connectivity index (χ0n) is 19.7. The predicted molar refractivity (Wildman–Crippen MR) is 132 cm³/mol. The van der Waals surface area contributed by atoms with E-state index in [9.17, 15) is 9.90 Å². The first-order valence-electron chi connectivity index (χ1n) is 11.2. The van der Waals surface area contributed by atoms with Crippen LogP contribution < -0.4 is 16.4 Å². The summed E-state index contributed by atoms with van der Waals surface area (Å²) in [5.41, 5.74) is 8.66. The molecule has 2 aromatic carbocycles. The molecule has 35 heavy (non-hydrogen) atoms. The van der Waals surface area contributed by atoms with Gasteiger partial charge in [-0.3, -0.25) is 4.79 Å². The molecule has 0 unspecified atom stereocenters. The summed E-state index contributed by atoms with van der Waals surface area (Å²) in [5, 5.41) is 20.5. The van der Waals surface area contributed by atoms with Crippen LogP contribution in [0.25, 0.3) is 11.5 Å². The normalized spacial score (nSPS) is 11.9. The van der Waals surface area contributed by atoms with Crippen LogP contribution in [-0.2, 0) is 0 Å². The van der Waals surface area contributed by atoms with Crippen molar-refractivity contribution in [1.29, 1.82) is 0 Å². The number of nitrogens with two attached hydrogens (primary N) is 1. The maximum Gasteiger partial charge on any atom is 0.263 e. The minimum atomic E-state index is -0.488. The first kappa shape index (κ1) is 23.8. The number of amides is 1. The van der Waals surface area contributed by atoms with E-state index in [4.69, 9.17) is 10.3 Å². The average molecular weight is 474 g/mol. The third kappa shape index (κ3) is 5.44. The first-order chi connectivity index (χ1) is 16.9. The SMILES string of the molecule is Cc1cc(Nc2ncc(-c3nc(C(C)C)no3)c(N[C@H](CO)c3ccccc3)n2)ccc1C(N)=O. The van der Waals surface area contributed by atoms with Crippen LogP contribution >= 0.6 is 0 Å². The number of anilines is 3. The highest BCUT2D eigenvalue weighted by Crippen LogP contribution is 2.30. The molecule has 0 aliphatic carbocycles. The van der Waals surface area contributed by atoms with Gasteiger partial charge in [0.2, 0.25) is 11.9 Å². The van der Waals surface area contributed by atoms with Crippen LogP contribution in [0.2, 0.25) is 0 Å². The Morgan fingerprint density at radius 2 is 1.91 bits per heavy atom. The van der Waals surface area contributed by atoms with E-state index in [1.165, 1.54) is 0 Å². The molecule has 4 aromatic rings. The van der Waals surface area contributed by atoms with Crippen molar-refractivity contribution in [3.8, 4) is 11.5 Å². The lowest BCUT2D eigenvalue weighted by Crippen LogP contribution is -2.17. The lowest BCUT2D eigenvalue weighted by atomic mass is 10.1. The highest BCUT2D eigenvalue weighted by atomic mass is 16.5. The van der Waals surface area contributed by atoms with Crippen LogP contribution in [0.5, 0.6) is 0 Å². The van der Waals surface area contributed by atoms with Gasteiger partial charge < -0.3 is 26.0 Å². The van der Waals surface area contributed by atoms with Gasteiger partial charge in [0.25, 0.3) is 5.89 Å². The summed E-state index contributed by atoms with van der Waals surface area (Å²) in [6, 6.07) is 14.3. The van der Waals surface area contributed by atoms with Crippen molar-refractivity contribution >= 4 is 23.4 Å². The number of benzene rings is 2. The van der Waals surface area contributed by atoms with E-state index in [-0.39, 0.29) is 18.4 Å². The number of aliphatic hydroxyl groups excluding tert-OH is 1. The summed E-state index contributed by atoms with van der Waals surface area (Å²) < 4.78 is 5.48. The molecule has 4 rings (SSSR count). The van der Waals surface area contributed by atoms with Crippen LogP contribution in [0.1, 0.15) is 53.1 Å². The molecule has 1 atom stereocenters. The second-order valence-electron chi connectivity index (χ2n) is 8.38. The van der Waals surface area contributed by atoms with Crippen LogP contribution in [0.3, 0.4) is 0 Å². The molecular formula is C25H27N7O3. The van der Waals surface area contributed by atoms with Crippen LogP contribution in [0.15, 0.2) is 59.3 Å². The number of carbonyl (C=O) groups excluding carboxylic acids is 1. The fraction of sp³-hybridized carbons (Fsp3) is 0.240. The monoisotopic (exact) mass is 473 g/mol. The van der Waals surface area contributed by atoms with E-state index >= 15 is 0 Å². The summed E-state index contributed by atoms with van der Waals surface area (Å²) in [5.74, 6) is 1.16. The van der Waals surface area contributed by atoms with E-state index in [0.29, 0.717) is 34.4 Å². The van der Waals surface area contributed by atoms with Crippen molar-refractivity contribution in [3.05, 3.63) is 77.2 Å². The predicted octanol–water partition coefficient (Wildman–Crippen LogP) is 3.95. The fourth-order valence-corrected chi connectivity index (χ4v) is 3.52. The molecule has 10 heteroatoms. The number of hydrogen-bond donors (Lipinski definition) is 4. The van der Waals surface area contributed by atoms with Gasteiger partial charge in [-0.05, 0) is 36.2 Å². The highest BCUT2D eigenvalue weighted by Gasteiger charge is 2.20. The summed E-state index contributed by atoms with van der Waals surface area (Å²) in [4.78, 5) is 25.1. The molecule has 0 aliphatic rings. The summed E-state index contributed by atoms with van der Waals surface area (Å²) in [7, 11) is 0. The van der Waals surface area contributed by atoms with Gasteiger partial charge in [-0.25, -0.2) is 4.98 Å². The first-order valence-corrected chi connectivity index (χ1v) is 11.2. The van der Waals surface area contributed by atoms with Crippen molar-refractivity contribution in [1.82, 2.24) is 20.1 Å². The molecule has 5 N–H and O–H groups in total. The van der Waals surface area contributed by atoms with E-state index in [2.05, 4.69) is 30.7 Å². The Labute approximate surface area is 202 Å². The van der Waals surface area contributed by atoms with Crippen LogP contribution in [0, 0.1) is 6.92 Å². The second kappa shape index (κ2) is 10.3. The van der Waals surface area contributed by atoms with Gasteiger partial charge in [-0.2, -0.15) is 9.97 Å². The Morgan fingerprint density at radius 3 is 2.54 bits per heavy atom. The number of nitrogens with zero attached hydrogens (tertiary/aromatic N) is 4. The Hall–Kier alpha value is -4.31. The average Bonchev–Trinajstić information content (AvgIpc) is 3.33. The van der Waals surface area contributed by atoms with Gasteiger partial charge in [0.1, 0.15) is 11.4 Å². The molecule has 2 heterocycles. The minimum absolute atomic E-state index is 0.0897. The van der Waals surface area contributed by atoms with Gasteiger partial charge >= 0.3 is 0 Å². The van der Waals surface area contributed by atoms with E-state index < -0.39 is 11.9 Å². The Morgan fingerprint density at radius 1 is 1.14 bits per heavy atom. The number of aryl methyl sites for hydroxylation is 1. The topological polar surface area (TPSA) is 152 Å². The maximum absolute atomic E-state index is 11.5. The highest BCUT2D eigenvalue weighted by molar-refractivity contribution is 5.94. The lowest BCUT2D eigenvalue weighted by molar-refractivity contribution is 0.0999. The van der Waals surface area contributed by atoms with Crippen molar-refractivity contribution in [2.45, 2.75) is 32.7 Å². The fourth-order valence-electron chi connectivity index (χ4n) is 3.52. The van der Waals surface area contributed by atoms with Crippen LogP contribution in [0.4, 0.5) is 17.5 Å². The standard InChI is InChI=1S/C25H27N7O3/c1-14(2)22-30-24(35-32-22)19-12-27-25(28-17-9-10-18(21(26)34)15(3)11-17)31-23(19)29-20(13-33)16-7-5-4-6-8-16/h4-12,14,20,33H,13H2,1-3H3,(H2,26,34)(H2,27,28,29,31)/t20-/m1/s1. The molecule has 0 saturated carbocycles. The summed E-state index contributed by atoms with van der Waals surface area (Å²) >= 11 is 0. The number of aliphatic hydroxyl groups is 1.